The molecule has 6 heteroatoms. The number of aliphatic imine (C=N–C) groups is 1. The van der Waals surface area contributed by atoms with Crippen LogP contribution in [0, 0.1) is 0 Å². The molecular formula is C13H8Cl4N2. The minimum absolute atomic E-state index is 0.402. The summed E-state index contributed by atoms with van der Waals surface area (Å²) in [5, 5.41) is 4.71. The Hall–Kier alpha value is -0.930. The van der Waals surface area contributed by atoms with E-state index in [1.807, 2.05) is 0 Å². The number of rotatable bonds is 3. The zero-order valence-electron chi connectivity index (χ0n) is 9.50. The van der Waals surface area contributed by atoms with E-state index in [4.69, 9.17) is 46.4 Å². The first-order valence-corrected chi connectivity index (χ1v) is 6.78. The maximum absolute atomic E-state index is 6.03. The maximum atomic E-state index is 6.03. The number of anilines is 1. The van der Waals surface area contributed by atoms with Crippen molar-refractivity contribution < 1.29 is 0 Å². The molecule has 2 aromatic carbocycles. The van der Waals surface area contributed by atoms with E-state index in [1.165, 1.54) is 6.34 Å². The molecule has 0 heterocycles. The van der Waals surface area contributed by atoms with Crippen LogP contribution >= 0.6 is 46.4 Å². The molecule has 98 valence electrons. The molecule has 19 heavy (non-hydrogen) atoms. The lowest BCUT2D eigenvalue weighted by atomic mass is 10.3. The molecule has 0 aliphatic heterocycles. The molecule has 2 nitrogen and oxygen atoms in total. The molecule has 0 saturated carbocycles. The third-order valence-electron chi connectivity index (χ3n) is 2.31. The first-order chi connectivity index (χ1) is 9.09. The van der Waals surface area contributed by atoms with Crippen LogP contribution in [0.2, 0.25) is 20.1 Å². The first-order valence-electron chi connectivity index (χ1n) is 5.26. The van der Waals surface area contributed by atoms with Crippen molar-refractivity contribution in [3.63, 3.8) is 0 Å². The highest BCUT2D eigenvalue weighted by Gasteiger charge is 2.03. The highest BCUT2D eigenvalue weighted by Crippen LogP contribution is 2.32. The lowest BCUT2D eigenvalue weighted by Crippen LogP contribution is -1.95. The standard InChI is InChI=1S/C13H8Cl4N2/c14-8-3-1-5-10(12(8)16)18-7-19-11-6-2-4-9(15)13(11)17/h1-7H,(H,18,19). The number of benzene rings is 2. The van der Waals surface area contributed by atoms with E-state index in [0.717, 1.165) is 0 Å². The quantitative estimate of drug-likeness (QED) is 0.534. The van der Waals surface area contributed by atoms with Gasteiger partial charge < -0.3 is 5.32 Å². The molecule has 0 radical (unpaired) electrons. The second kappa shape index (κ2) is 6.49. The second-order valence-corrected chi connectivity index (χ2v) is 5.15. The average molecular weight is 334 g/mol. The van der Waals surface area contributed by atoms with Gasteiger partial charge in [0, 0.05) is 0 Å². The number of nitrogens with one attached hydrogen (secondary N) is 1. The van der Waals surface area contributed by atoms with Gasteiger partial charge in [-0.1, -0.05) is 58.5 Å². The van der Waals surface area contributed by atoms with Crippen molar-refractivity contribution in [2.24, 2.45) is 4.99 Å². The van der Waals surface area contributed by atoms with E-state index in [9.17, 15) is 0 Å². The van der Waals surface area contributed by atoms with Crippen molar-refractivity contribution in [3.8, 4) is 0 Å². The topological polar surface area (TPSA) is 24.4 Å². The van der Waals surface area contributed by atoms with Gasteiger partial charge in [-0.15, -0.1) is 0 Å². The second-order valence-electron chi connectivity index (χ2n) is 3.58. The SMILES string of the molecule is Clc1cccc(N=CNc2cccc(Cl)c2Cl)c1Cl. The van der Waals surface area contributed by atoms with E-state index in [0.29, 0.717) is 31.5 Å². The number of halogens is 4. The summed E-state index contributed by atoms with van der Waals surface area (Å²) in [4.78, 5) is 4.18. The molecular weight excluding hydrogens is 326 g/mol. The monoisotopic (exact) mass is 332 g/mol. The highest BCUT2D eigenvalue weighted by molar-refractivity contribution is 6.44. The normalized spacial score (nSPS) is 10.9. The fourth-order valence-corrected chi connectivity index (χ4v) is 2.08. The minimum Gasteiger partial charge on any atom is -0.345 e. The summed E-state index contributed by atoms with van der Waals surface area (Å²) in [5.74, 6) is 0. The van der Waals surface area contributed by atoms with E-state index in [1.54, 1.807) is 36.4 Å². The Kier molecular flexibility index (Phi) is 4.94. The zero-order valence-corrected chi connectivity index (χ0v) is 12.5. The predicted octanol–water partition coefficient (Wildman–Crippen LogP) is 6.07. The van der Waals surface area contributed by atoms with E-state index < -0.39 is 0 Å². The summed E-state index contributed by atoms with van der Waals surface area (Å²) in [5.41, 5.74) is 1.23. The highest BCUT2D eigenvalue weighted by atomic mass is 35.5. The van der Waals surface area contributed by atoms with E-state index in [-0.39, 0.29) is 0 Å². The van der Waals surface area contributed by atoms with Crippen LogP contribution in [0.15, 0.2) is 41.4 Å². The van der Waals surface area contributed by atoms with E-state index in [2.05, 4.69) is 10.3 Å². The molecule has 0 fully saturated rings. The molecule has 0 aliphatic carbocycles. The molecule has 2 rings (SSSR count). The van der Waals surface area contributed by atoms with Gasteiger partial charge in [0.1, 0.15) is 0 Å². The Balaban J connectivity index is 2.16. The van der Waals surface area contributed by atoms with Gasteiger partial charge in [0.15, 0.2) is 0 Å². The van der Waals surface area contributed by atoms with E-state index >= 15 is 0 Å². The van der Waals surface area contributed by atoms with Crippen LogP contribution in [0.3, 0.4) is 0 Å². The van der Waals surface area contributed by atoms with Crippen LogP contribution in [0.25, 0.3) is 0 Å². The van der Waals surface area contributed by atoms with Crippen LogP contribution in [0.1, 0.15) is 0 Å². The van der Waals surface area contributed by atoms with Crippen molar-refractivity contribution in [2.75, 3.05) is 5.32 Å². The number of hydrogen-bond acceptors (Lipinski definition) is 1. The van der Waals surface area contributed by atoms with Crippen LogP contribution in [-0.2, 0) is 0 Å². The average Bonchev–Trinajstić information content (AvgIpc) is 2.39. The smallest absolute Gasteiger partial charge is 0.0931 e. The Morgan fingerprint density at radius 3 is 2.21 bits per heavy atom. The Morgan fingerprint density at radius 1 is 0.842 bits per heavy atom. The van der Waals surface area contributed by atoms with Crippen molar-refractivity contribution in [3.05, 3.63) is 56.5 Å². The fraction of sp³-hybridized carbons (Fsp3) is 0. The molecule has 1 N–H and O–H groups in total. The molecule has 0 spiro atoms. The van der Waals surface area contributed by atoms with Crippen LogP contribution in [-0.4, -0.2) is 6.34 Å². The summed E-state index contributed by atoms with van der Waals surface area (Å²) in [6, 6.07) is 10.5. The molecule has 0 unspecified atom stereocenters. The van der Waals surface area contributed by atoms with Crippen molar-refractivity contribution in [1.82, 2.24) is 0 Å². The molecule has 0 aromatic heterocycles. The molecule has 0 atom stereocenters. The summed E-state index contributed by atoms with van der Waals surface area (Å²) < 4.78 is 0. The fourth-order valence-electron chi connectivity index (χ4n) is 1.38. The van der Waals surface area contributed by atoms with Gasteiger partial charge in [0.05, 0.1) is 37.8 Å². The van der Waals surface area contributed by atoms with Crippen molar-refractivity contribution in [2.45, 2.75) is 0 Å². The van der Waals surface area contributed by atoms with Gasteiger partial charge in [0.25, 0.3) is 0 Å². The summed E-state index contributed by atoms with van der Waals surface area (Å²) in [6.45, 7) is 0. The van der Waals surface area contributed by atoms with Crippen LogP contribution in [0.4, 0.5) is 11.4 Å². The predicted molar refractivity (Wildman–Crippen MR) is 84.7 cm³/mol. The van der Waals surface area contributed by atoms with Gasteiger partial charge in [-0.3, -0.25) is 0 Å². The Bertz CT molecular complexity index is 626. The van der Waals surface area contributed by atoms with Crippen molar-refractivity contribution in [1.29, 1.82) is 0 Å². The summed E-state index contributed by atoms with van der Waals surface area (Å²) in [7, 11) is 0. The van der Waals surface area contributed by atoms with Gasteiger partial charge in [-0.25, -0.2) is 4.99 Å². The molecule has 0 amide bonds. The Labute approximate surface area is 131 Å². The Morgan fingerprint density at radius 2 is 1.47 bits per heavy atom. The first kappa shape index (κ1) is 14.5. The lowest BCUT2D eigenvalue weighted by molar-refractivity contribution is 1.52. The number of hydrogen-bond donors (Lipinski definition) is 1. The minimum atomic E-state index is 0.402. The molecule has 0 aliphatic rings. The third kappa shape index (κ3) is 3.54. The summed E-state index contributed by atoms with van der Waals surface area (Å²) in [6.07, 6.45) is 1.48. The van der Waals surface area contributed by atoms with Crippen molar-refractivity contribution >= 4 is 64.1 Å². The molecule has 0 bridgehead atoms. The zero-order chi connectivity index (χ0) is 13.8. The molecule has 0 saturated heterocycles. The summed E-state index contributed by atoms with van der Waals surface area (Å²) >= 11 is 23.8. The maximum Gasteiger partial charge on any atom is 0.0931 e. The van der Waals surface area contributed by atoms with Gasteiger partial charge in [-0.2, -0.15) is 0 Å². The number of nitrogens with zero attached hydrogens (tertiary/aromatic N) is 1. The van der Waals surface area contributed by atoms with Gasteiger partial charge >= 0.3 is 0 Å². The lowest BCUT2D eigenvalue weighted by Gasteiger charge is -2.04. The largest absolute Gasteiger partial charge is 0.345 e. The van der Waals surface area contributed by atoms with Crippen LogP contribution in [0.5, 0.6) is 0 Å². The third-order valence-corrected chi connectivity index (χ3v) is 3.93. The van der Waals surface area contributed by atoms with Crippen LogP contribution < -0.4 is 5.32 Å². The van der Waals surface area contributed by atoms with Gasteiger partial charge in [0.2, 0.25) is 0 Å². The van der Waals surface area contributed by atoms with Gasteiger partial charge in [-0.05, 0) is 24.3 Å². The molecule has 2 aromatic rings.